The standard InChI is InChI=1S/C11H14N4O.2ClH/c12-8-1-2-10-9(7-8)11(14-13-10)15-3-5-16-6-4-15;;/h1-2,7H,3-6,12H2,(H,13,14);2*1H. The Morgan fingerprint density at radius 2 is 1.94 bits per heavy atom. The molecule has 0 amide bonds. The molecule has 3 rings (SSSR count). The molecule has 0 unspecified atom stereocenters. The van der Waals surface area contributed by atoms with Crippen molar-refractivity contribution in [2.24, 2.45) is 0 Å². The number of nitrogens with one attached hydrogen (secondary N) is 1. The molecule has 0 bridgehead atoms. The summed E-state index contributed by atoms with van der Waals surface area (Å²) in [6.45, 7) is 3.29. The van der Waals surface area contributed by atoms with E-state index >= 15 is 0 Å². The molecule has 0 atom stereocenters. The number of nitrogens with zero attached hydrogens (tertiary/aromatic N) is 2. The van der Waals surface area contributed by atoms with E-state index in [0.717, 1.165) is 48.7 Å². The summed E-state index contributed by atoms with van der Waals surface area (Å²) >= 11 is 0. The van der Waals surface area contributed by atoms with Gasteiger partial charge in [-0.1, -0.05) is 0 Å². The van der Waals surface area contributed by atoms with E-state index in [1.165, 1.54) is 0 Å². The van der Waals surface area contributed by atoms with Gasteiger partial charge in [0, 0.05) is 24.2 Å². The number of rotatable bonds is 1. The van der Waals surface area contributed by atoms with Gasteiger partial charge in [-0.3, -0.25) is 5.10 Å². The Morgan fingerprint density at radius 1 is 1.22 bits per heavy atom. The van der Waals surface area contributed by atoms with E-state index < -0.39 is 0 Å². The van der Waals surface area contributed by atoms with Crippen molar-refractivity contribution in [3.63, 3.8) is 0 Å². The fourth-order valence-corrected chi connectivity index (χ4v) is 2.03. The van der Waals surface area contributed by atoms with Gasteiger partial charge in [-0.05, 0) is 18.2 Å². The normalized spacial score (nSPS) is 15.0. The van der Waals surface area contributed by atoms with Crippen molar-refractivity contribution >= 4 is 47.2 Å². The number of H-pyrrole nitrogens is 1. The van der Waals surface area contributed by atoms with Crippen LogP contribution in [0.1, 0.15) is 0 Å². The molecule has 3 N–H and O–H groups in total. The van der Waals surface area contributed by atoms with Gasteiger partial charge in [0.05, 0.1) is 18.7 Å². The van der Waals surface area contributed by atoms with E-state index in [0.29, 0.717) is 0 Å². The zero-order valence-electron chi connectivity index (χ0n) is 9.76. The van der Waals surface area contributed by atoms with Crippen molar-refractivity contribution in [2.75, 3.05) is 36.9 Å². The fourth-order valence-electron chi connectivity index (χ4n) is 2.03. The molecule has 2 aromatic rings. The van der Waals surface area contributed by atoms with Crippen LogP contribution >= 0.6 is 24.8 Å². The number of fused-ring (bicyclic) bond motifs is 1. The minimum absolute atomic E-state index is 0. The third kappa shape index (κ3) is 2.63. The minimum Gasteiger partial charge on any atom is -0.399 e. The van der Waals surface area contributed by atoms with Crippen LogP contribution in [0.5, 0.6) is 0 Å². The Bertz CT molecular complexity index is 511. The molecule has 1 aliphatic heterocycles. The number of halogens is 2. The van der Waals surface area contributed by atoms with Crippen molar-refractivity contribution in [1.82, 2.24) is 10.2 Å². The summed E-state index contributed by atoms with van der Waals surface area (Å²) in [5.41, 5.74) is 7.59. The molecule has 0 radical (unpaired) electrons. The van der Waals surface area contributed by atoms with Crippen molar-refractivity contribution in [2.45, 2.75) is 0 Å². The lowest BCUT2D eigenvalue weighted by Gasteiger charge is -2.26. The summed E-state index contributed by atoms with van der Waals surface area (Å²) in [5, 5.41) is 8.46. The average molecular weight is 291 g/mol. The Balaban J connectivity index is 0.000000810. The largest absolute Gasteiger partial charge is 0.399 e. The molecular weight excluding hydrogens is 275 g/mol. The number of ether oxygens (including phenoxy) is 1. The summed E-state index contributed by atoms with van der Waals surface area (Å²) in [4.78, 5) is 2.22. The summed E-state index contributed by atoms with van der Waals surface area (Å²) in [6, 6.07) is 5.80. The van der Waals surface area contributed by atoms with Gasteiger partial charge in [-0.25, -0.2) is 0 Å². The zero-order valence-corrected chi connectivity index (χ0v) is 11.4. The van der Waals surface area contributed by atoms with E-state index in [-0.39, 0.29) is 24.8 Å². The molecule has 100 valence electrons. The zero-order chi connectivity index (χ0) is 11.0. The molecule has 0 spiro atoms. The van der Waals surface area contributed by atoms with Gasteiger partial charge in [0.1, 0.15) is 0 Å². The predicted octanol–water partition coefficient (Wildman–Crippen LogP) is 1.83. The highest BCUT2D eigenvalue weighted by molar-refractivity contribution is 5.92. The van der Waals surface area contributed by atoms with Crippen LogP contribution in [0.2, 0.25) is 0 Å². The second-order valence-electron chi connectivity index (χ2n) is 3.95. The Morgan fingerprint density at radius 3 is 2.67 bits per heavy atom. The van der Waals surface area contributed by atoms with E-state index in [9.17, 15) is 0 Å². The monoisotopic (exact) mass is 290 g/mol. The summed E-state index contributed by atoms with van der Waals surface area (Å²) < 4.78 is 5.33. The number of nitrogen functional groups attached to an aromatic ring is 1. The van der Waals surface area contributed by atoms with E-state index in [1.807, 2.05) is 18.2 Å². The molecule has 1 aromatic heterocycles. The van der Waals surface area contributed by atoms with Crippen molar-refractivity contribution in [3.05, 3.63) is 18.2 Å². The highest BCUT2D eigenvalue weighted by Gasteiger charge is 2.16. The Hall–Kier alpha value is -1.17. The lowest BCUT2D eigenvalue weighted by molar-refractivity contribution is 0.122. The first-order chi connectivity index (χ1) is 7.84. The first kappa shape index (κ1) is 14.9. The summed E-state index contributed by atoms with van der Waals surface area (Å²) in [5.74, 6) is 0.977. The lowest BCUT2D eigenvalue weighted by atomic mass is 10.2. The smallest absolute Gasteiger partial charge is 0.158 e. The van der Waals surface area contributed by atoms with Crippen LogP contribution in [0.15, 0.2) is 18.2 Å². The second-order valence-corrected chi connectivity index (χ2v) is 3.95. The number of morpholine rings is 1. The quantitative estimate of drug-likeness (QED) is 0.787. The van der Waals surface area contributed by atoms with Crippen LogP contribution in [0, 0.1) is 0 Å². The van der Waals surface area contributed by atoms with Crippen LogP contribution in [0.4, 0.5) is 11.5 Å². The summed E-state index contributed by atoms with van der Waals surface area (Å²) in [7, 11) is 0. The molecule has 18 heavy (non-hydrogen) atoms. The molecule has 0 aliphatic carbocycles. The fraction of sp³-hybridized carbons (Fsp3) is 0.364. The Kier molecular flexibility index (Phi) is 5.07. The molecular formula is C11H16Cl2N4O. The average Bonchev–Trinajstić information content (AvgIpc) is 2.73. The van der Waals surface area contributed by atoms with Crippen LogP contribution in [0.3, 0.4) is 0 Å². The molecule has 1 fully saturated rings. The molecule has 5 nitrogen and oxygen atoms in total. The molecule has 1 aromatic carbocycles. The van der Waals surface area contributed by atoms with Crippen LogP contribution in [-0.4, -0.2) is 36.5 Å². The number of aromatic nitrogens is 2. The molecule has 1 aliphatic rings. The first-order valence-corrected chi connectivity index (χ1v) is 5.41. The van der Waals surface area contributed by atoms with Gasteiger partial charge in [-0.15, -0.1) is 24.8 Å². The maximum Gasteiger partial charge on any atom is 0.158 e. The third-order valence-electron chi connectivity index (χ3n) is 2.88. The van der Waals surface area contributed by atoms with Gasteiger partial charge < -0.3 is 15.4 Å². The van der Waals surface area contributed by atoms with E-state index in [1.54, 1.807) is 0 Å². The number of aromatic amines is 1. The van der Waals surface area contributed by atoms with Gasteiger partial charge in [-0.2, -0.15) is 5.10 Å². The van der Waals surface area contributed by atoms with Crippen LogP contribution in [-0.2, 0) is 4.74 Å². The third-order valence-corrected chi connectivity index (χ3v) is 2.88. The molecule has 1 saturated heterocycles. The number of anilines is 2. The lowest BCUT2D eigenvalue weighted by Crippen LogP contribution is -2.36. The van der Waals surface area contributed by atoms with E-state index in [4.69, 9.17) is 10.5 Å². The summed E-state index contributed by atoms with van der Waals surface area (Å²) in [6.07, 6.45) is 0. The van der Waals surface area contributed by atoms with E-state index in [2.05, 4.69) is 15.1 Å². The van der Waals surface area contributed by atoms with Crippen molar-refractivity contribution < 1.29 is 4.74 Å². The maximum atomic E-state index is 5.80. The number of hydrogen-bond donors (Lipinski definition) is 2. The van der Waals surface area contributed by atoms with Gasteiger partial charge in [0.2, 0.25) is 0 Å². The number of hydrogen-bond acceptors (Lipinski definition) is 4. The van der Waals surface area contributed by atoms with Crippen LogP contribution < -0.4 is 10.6 Å². The second kappa shape index (κ2) is 6.13. The minimum atomic E-state index is 0. The van der Waals surface area contributed by atoms with Gasteiger partial charge in [0.15, 0.2) is 5.82 Å². The Labute approximate surface area is 117 Å². The molecule has 0 saturated carbocycles. The highest BCUT2D eigenvalue weighted by atomic mass is 35.5. The first-order valence-electron chi connectivity index (χ1n) is 5.41. The molecule has 2 heterocycles. The number of benzene rings is 1. The van der Waals surface area contributed by atoms with Crippen molar-refractivity contribution in [1.29, 1.82) is 0 Å². The molecule has 7 heteroatoms. The predicted molar refractivity (Wildman–Crippen MR) is 78.0 cm³/mol. The maximum absolute atomic E-state index is 5.80. The highest BCUT2D eigenvalue weighted by Crippen LogP contribution is 2.26. The van der Waals surface area contributed by atoms with Crippen LogP contribution in [0.25, 0.3) is 10.9 Å². The van der Waals surface area contributed by atoms with Gasteiger partial charge >= 0.3 is 0 Å². The van der Waals surface area contributed by atoms with Crippen molar-refractivity contribution in [3.8, 4) is 0 Å². The SMILES string of the molecule is Cl.Cl.Nc1ccc2[nH]nc(N3CCOCC3)c2c1. The van der Waals surface area contributed by atoms with Gasteiger partial charge in [0.25, 0.3) is 0 Å². The number of nitrogens with two attached hydrogens (primary N) is 1. The topological polar surface area (TPSA) is 67.2 Å².